The molecule has 5 heteroatoms. The minimum atomic E-state index is -0.279. The molecule has 1 amide bonds. The molecular weight excluding hydrogens is 228 g/mol. The summed E-state index contributed by atoms with van der Waals surface area (Å²) in [5.41, 5.74) is 0.291. The normalized spacial score (nSPS) is 10.1. The molecule has 0 radical (unpaired) electrons. The lowest BCUT2D eigenvalue weighted by molar-refractivity contribution is 0.0943. The number of hydrogen-bond acceptors (Lipinski definition) is 3. The second-order valence-corrected chi connectivity index (χ2v) is 3.49. The highest BCUT2D eigenvalue weighted by Gasteiger charge is 2.07. The van der Waals surface area contributed by atoms with Gasteiger partial charge in [0.2, 0.25) is 0 Å². The Labute approximate surface area is 97.2 Å². The summed E-state index contributed by atoms with van der Waals surface area (Å²) in [6.07, 6.45) is 1.55. The third kappa shape index (κ3) is 2.61. The van der Waals surface area contributed by atoms with Crippen molar-refractivity contribution >= 4 is 17.5 Å². The van der Waals surface area contributed by atoms with Crippen molar-refractivity contribution in [2.24, 2.45) is 0 Å². The molecule has 0 unspecified atom stereocenters. The van der Waals surface area contributed by atoms with E-state index in [1.807, 2.05) is 0 Å². The summed E-state index contributed by atoms with van der Waals surface area (Å²) in [5, 5.41) is 2.97. The fourth-order valence-electron chi connectivity index (χ4n) is 1.21. The van der Waals surface area contributed by atoms with Crippen LogP contribution in [0.2, 0.25) is 5.15 Å². The van der Waals surface area contributed by atoms with Crippen LogP contribution in [0.25, 0.3) is 0 Å². The number of carbonyl (C=O) groups excluding carboxylic acids is 1. The molecule has 0 bridgehead atoms. The molecule has 0 saturated heterocycles. The van der Waals surface area contributed by atoms with Gasteiger partial charge in [0.1, 0.15) is 16.6 Å². The molecular formula is C11H9ClN2O2. The van der Waals surface area contributed by atoms with Crippen LogP contribution in [0.5, 0.6) is 0 Å². The Kier molecular flexibility index (Phi) is 3.22. The summed E-state index contributed by atoms with van der Waals surface area (Å²) in [7, 11) is 0. The number of carbonyl (C=O) groups is 1. The quantitative estimate of drug-likeness (QED) is 0.832. The molecule has 0 atom stereocenters. The Hall–Kier alpha value is -1.81. The Morgan fingerprint density at radius 1 is 1.38 bits per heavy atom. The lowest BCUT2D eigenvalue weighted by Gasteiger charge is -2.02. The number of nitrogens with one attached hydrogen (secondary N) is 1. The van der Waals surface area contributed by atoms with Gasteiger partial charge in [0.05, 0.1) is 12.8 Å². The Bertz CT molecular complexity index is 482. The van der Waals surface area contributed by atoms with Crippen molar-refractivity contribution in [1.29, 1.82) is 0 Å². The summed E-state index contributed by atoms with van der Waals surface area (Å²) in [6.45, 7) is 0.333. The number of nitrogens with zero attached hydrogens (tertiary/aromatic N) is 1. The Morgan fingerprint density at radius 2 is 2.25 bits per heavy atom. The van der Waals surface area contributed by atoms with Crippen LogP contribution in [0.15, 0.2) is 41.0 Å². The van der Waals surface area contributed by atoms with Gasteiger partial charge in [-0.05, 0) is 24.3 Å². The lowest BCUT2D eigenvalue weighted by atomic mass is 10.3. The molecule has 4 nitrogen and oxygen atoms in total. The molecule has 2 heterocycles. The van der Waals surface area contributed by atoms with Crippen LogP contribution in [0, 0.1) is 0 Å². The van der Waals surface area contributed by atoms with Crippen molar-refractivity contribution in [3.63, 3.8) is 0 Å². The zero-order chi connectivity index (χ0) is 11.4. The molecule has 1 N–H and O–H groups in total. The molecule has 82 valence electrons. The zero-order valence-electron chi connectivity index (χ0n) is 8.31. The van der Waals surface area contributed by atoms with Gasteiger partial charge in [0.25, 0.3) is 5.91 Å². The Morgan fingerprint density at radius 3 is 2.94 bits per heavy atom. The predicted octanol–water partition coefficient (Wildman–Crippen LogP) is 2.26. The summed E-state index contributed by atoms with van der Waals surface area (Å²) in [4.78, 5) is 15.5. The number of pyridine rings is 1. The van der Waals surface area contributed by atoms with Crippen molar-refractivity contribution in [1.82, 2.24) is 10.3 Å². The van der Waals surface area contributed by atoms with E-state index in [-0.39, 0.29) is 5.91 Å². The van der Waals surface area contributed by atoms with E-state index in [4.69, 9.17) is 16.0 Å². The maximum Gasteiger partial charge on any atom is 0.270 e. The van der Waals surface area contributed by atoms with Gasteiger partial charge in [-0.2, -0.15) is 0 Å². The van der Waals surface area contributed by atoms with Crippen molar-refractivity contribution in [3.8, 4) is 0 Å². The zero-order valence-corrected chi connectivity index (χ0v) is 9.07. The highest BCUT2D eigenvalue weighted by Crippen LogP contribution is 2.05. The topological polar surface area (TPSA) is 55.1 Å². The van der Waals surface area contributed by atoms with E-state index in [0.717, 1.165) is 0 Å². The number of halogens is 1. The van der Waals surface area contributed by atoms with Crippen LogP contribution in [-0.4, -0.2) is 10.9 Å². The number of amides is 1. The van der Waals surface area contributed by atoms with Crippen molar-refractivity contribution in [2.75, 3.05) is 0 Å². The average Bonchev–Trinajstić information content (AvgIpc) is 2.78. The molecule has 0 aliphatic rings. The van der Waals surface area contributed by atoms with E-state index >= 15 is 0 Å². The third-order valence-corrected chi connectivity index (χ3v) is 2.16. The van der Waals surface area contributed by atoms with Gasteiger partial charge in [-0.3, -0.25) is 4.79 Å². The fourth-order valence-corrected chi connectivity index (χ4v) is 1.37. The molecule has 0 fully saturated rings. The van der Waals surface area contributed by atoms with Gasteiger partial charge in [0, 0.05) is 0 Å². The first-order valence-electron chi connectivity index (χ1n) is 4.69. The Balaban J connectivity index is 1.98. The van der Waals surface area contributed by atoms with Gasteiger partial charge in [-0.1, -0.05) is 17.7 Å². The third-order valence-electron chi connectivity index (χ3n) is 1.95. The standard InChI is InChI=1S/C11H9ClN2O2/c12-10-5-1-4-9(14-10)11(15)13-7-8-3-2-6-16-8/h1-6H,7H2,(H,13,15). The van der Waals surface area contributed by atoms with Crippen molar-refractivity contribution in [3.05, 3.63) is 53.2 Å². The molecule has 0 aliphatic carbocycles. The van der Waals surface area contributed by atoms with Crippen LogP contribution in [0.3, 0.4) is 0 Å². The van der Waals surface area contributed by atoms with Crippen LogP contribution in [-0.2, 0) is 6.54 Å². The molecule has 0 saturated carbocycles. The van der Waals surface area contributed by atoms with E-state index in [9.17, 15) is 4.79 Å². The summed E-state index contributed by atoms with van der Waals surface area (Å²) >= 11 is 5.68. The minimum absolute atomic E-state index is 0.279. The molecule has 2 aromatic rings. The first-order chi connectivity index (χ1) is 7.75. The largest absolute Gasteiger partial charge is 0.467 e. The number of rotatable bonds is 3. The van der Waals surface area contributed by atoms with E-state index in [0.29, 0.717) is 23.2 Å². The lowest BCUT2D eigenvalue weighted by Crippen LogP contribution is -2.23. The van der Waals surface area contributed by atoms with Crippen molar-refractivity contribution in [2.45, 2.75) is 6.54 Å². The van der Waals surface area contributed by atoms with Crippen LogP contribution in [0.1, 0.15) is 16.2 Å². The van der Waals surface area contributed by atoms with Gasteiger partial charge in [0.15, 0.2) is 0 Å². The van der Waals surface area contributed by atoms with Crippen molar-refractivity contribution < 1.29 is 9.21 Å². The highest BCUT2D eigenvalue weighted by atomic mass is 35.5. The van der Waals surface area contributed by atoms with Gasteiger partial charge in [-0.25, -0.2) is 4.98 Å². The molecule has 16 heavy (non-hydrogen) atoms. The van der Waals surface area contributed by atoms with E-state index in [2.05, 4.69) is 10.3 Å². The number of furan rings is 1. The predicted molar refractivity (Wildman–Crippen MR) is 59.1 cm³/mol. The first kappa shape index (κ1) is 10.7. The van der Waals surface area contributed by atoms with Gasteiger partial charge in [-0.15, -0.1) is 0 Å². The summed E-state index contributed by atoms with van der Waals surface area (Å²) < 4.78 is 5.08. The van der Waals surface area contributed by atoms with Crippen LogP contribution < -0.4 is 5.32 Å². The van der Waals surface area contributed by atoms with E-state index < -0.39 is 0 Å². The van der Waals surface area contributed by atoms with E-state index in [1.165, 1.54) is 0 Å². The smallest absolute Gasteiger partial charge is 0.270 e. The molecule has 0 aromatic carbocycles. The second kappa shape index (κ2) is 4.81. The van der Waals surface area contributed by atoms with Crippen LogP contribution in [0.4, 0.5) is 0 Å². The highest BCUT2D eigenvalue weighted by molar-refractivity contribution is 6.29. The fraction of sp³-hybridized carbons (Fsp3) is 0.0909. The second-order valence-electron chi connectivity index (χ2n) is 3.11. The molecule has 0 spiro atoms. The van der Waals surface area contributed by atoms with E-state index in [1.54, 1.807) is 36.6 Å². The molecule has 2 aromatic heterocycles. The first-order valence-corrected chi connectivity index (χ1v) is 5.06. The maximum absolute atomic E-state index is 11.6. The van der Waals surface area contributed by atoms with Gasteiger partial charge < -0.3 is 9.73 Å². The molecule has 0 aliphatic heterocycles. The van der Waals surface area contributed by atoms with Gasteiger partial charge >= 0.3 is 0 Å². The summed E-state index contributed by atoms with van der Waals surface area (Å²) in [6, 6.07) is 8.44. The molecule has 2 rings (SSSR count). The summed E-state index contributed by atoms with van der Waals surface area (Å²) in [5.74, 6) is 0.411. The maximum atomic E-state index is 11.6. The number of aromatic nitrogens is 1. The number of hydrogen-bond donors (Lipinski definition) is 1. The minimum Gasteiger partial charge on any atom is -0.467 e. The SMILES string of the molecule is O=C(NCc1ccco1)c1cccc(Cl)n1. The average molecular weight is 237 g/mol. The van der Waals surface area contributed by atoms with Crippen LogP contribution >= 0.6 is 11.6 Å². The monoisotopic (exact) mass is 236 g/mol.